The van der Waals surface area contributed by atoms with Crippen molar-refractivity contribution in [2.45, 2.75) is 0 Å². The summed E-state index contributed by atoms with van der Waals surface area (Å²) in [4.78, 5) is 19.1. The molecular weight excluding hydrogens is 176 g/mol. The molecule has 0 aliphatic rings. The van der Waals surface area contributed by atoms with Crippen molar-refractivity contribution in [3.8, 4) is 0 Å². The number of carbonyl (C=O) groups is 2. The third-order valence-corrected chi connectivity index (χ3v) is 0.368. The van der Waals surface area contributed by atoms with Crippen LogP contribution in [0.4, 0.5) is 0 Å². The van der Waals surface area contributed by atoms with Crippen LogP contribution in [0.2, 0.25) is 0 Å². The third kappa shape index (κ3) is 15.7. The van der Waals surface area contributed by atoms with E-state index in [4.69, 9.17) is 10.2 Å². The molecule has 6 heteroatoms. The van der Waals surface area contributed by atoms with Crippen LogP contribution in [0.5, 0.6) is 0 Å². The largest absolute Gasteiger partial charge is 0.478 e. The van der Waals surface area contributed by atoms with E-state index in [1.807, 2.05) is 0 Å². The molecule has 0 heterocycles. The van der Waals surface area contributed by atoms with Crippen molar-refractivity contribution >= 4 is 11.9 Å². The van der Waals surface area contributed by atoms with Crippen molar-refractivity contribution in [3.05, 3.63) is 12.2 Å². The van der Waals surface area contributed by atoms with Crippen LogP contribution in [0, 0.1) is 0 Å². The Kier molecular flexibility index (Phi) is 13.5. The second-order valence-electron chi connectivity index (χ2n) is 1.01. The van der Waals surface area contributed by atoms with Crippen LogP contribution in [0.25, 0.3) is 0 Å². The molecule has 0 rings (SSSR count). The fourth-order valence-corrected chi connectivity index (χ4v) is 0.143. The first-order valence-electron chi connectivity index (χ1n) is 1.77. The maximum Gasteiger partial charge on any atom is 0.328 e. The standard InChI is InChI=1S/C4H4O4.H2O.Ti/c5-3(6)1-2-4(7)8;;/h1-2H,(H,5,6)(H,7,8);1H2;/b2-1-;;. The summed E-state index contributed by atoms with van der Waals surface area (Å²) in [6, 6.07) is 0. The summed E-state index contributed by atoms with van der Waals surface area (Å²) < 4.78 is 0. The number of carboxylic acid groups (broad SMARTS) is 2. The van der Waals surface area contributed by atoms with Gasteiger partial charge in [-0.1, -0.05) is 0 Å². The zero-order valence-corrected chi connectivity index (χ0v) is 6.43. The van der Waals surface area contributed by atoms with E-state index in [2.05, 4.69) is 0 Å². The Labute approximate surface area is 71.5 Å². The smallest absolute Gasteiger partial charge is 0.328 e. The molecule has 0 bridgehead atoms. The van der Waals surface area contributed by atoms with Crippen molar-refractivity contribution < 1.29 is 47.0 Å². The van der Waals surface area contributed by atoms with Gasteiger partial charge in [0.2, 0.25) is 0 Å². The molecule has 0 aromatic carbocycles. The van der Waals surface area contributed by atoms with Gasteiger partial charge in [0, 0.05) is 33.9 Å². The molecule has 0 saturated heterocycles. The van der Waals surface area contributed by atoms with E-state index in [0.717, 1.165) is 0 Å². The summed E-state index contributed by atoms with van der Waals surface area (Å²) in [5, 5.41) is 15.6. The molecule has 10 heavy (non-hydrogen) atoms. The van der Waals surface area contributed by atoms with Crippen molar-refractivity contribution in [1.29, 1.82) is 0 Å². The van der Waals surface area contributed by atoms with Crippen LogP contribution in [0.3, 0.4) is 0 Å². The molecule has 0 unspecified atom stereocenters. The minimum atomic E-state index is -1.26. The number of hydrogen-bond donors (Lipinski definition) is 2. The minimum Gasteiger partial charge on any atom is -0.478 e. The molecule has 0 aliphatic carbocycles. The SMILES string of the molecule is O.O=C(O)/C=C\C(=O)O.[Ti]. The number of aliphatic carboxylic acids is 2. The first-order valence-corrected chi connectivity index (χ1v) is 1.77. The second kappa shape index (κ2) is 8.35. The van der Waals surface area contributed by atoms with Gasteiger partial charge in [0.1, 0.15) is 0 Å². The topological polar surface area (TPSA) is 106 Å². The Morgan fingerprint density at radius 2 is 1.20 bits per heavy atom. The maximum atomic E-state index is 9.55. The first kappa shape index (κ1) is 16.2. The zero-order chi connectivity index (χ0) is 6.57. The van der Waals surface area contributed by atoms with Crippen molar-refractivity contribution in [3.63, 3.8) is 0 Å². The molecule has 4 N–H and O–H groups in total. The molecule has 56 valence electrons. The summed E-state index contributed by atoms with van der Waals surface area (Å²) in [6.45, 7) is 0. The average Bonchev–Trinajstić information content (AvgIpc) is 1.61. The van der Waals surface area contributed by atoms with Crippen LogP contribution in [0.15, 0.2) is 12.2 Å². The van der Waals surface area contributed by atoms with Crippen molar-refractivity contribution in [1.82, 2.24) is 0 Å². The Morgan fingerprint density at radius 3 is 1.30 bits per heavy atom. The van der Waals surface area contributed by atoms with Crippen LogP contribution in [-0.2, 0) is 31.3 Å². The van der Waals surface area contributed by atoms with Crippen molar-refractivity contribution in [2.75, 3.05) is 0 Å². The van der Waals surface area contributed by atoms with Crippen molar-refractivity contribution in [2.24, 2.45) is 0 Å². The molecular formula is C4H6O5Ti. The van der Waals surface area contributed by atoms with Gasteiger partial charge in [-0.3, -0.25) is 0 Å². The molecule has 0 atom stereocenters. The van der Waals surface area contributed by atoms with Gasteiger partial charge in [-0.25, -0.2) is 9.59 Å². The monoisotopic (exact) mass is 182 g/mol. The Bertz CT molecular complexity index is 125. The molecule has 5 nitrogen and oxygen atoms in total. The van der Waals surface area contributed by atoms with E-state index in [1.54, 1.807) is 0 Å². The fraction of sp³-hybridized carbons (Fsp3) is 0. The van der Waals surface area contributed by atoms with Gasteiger partial charge in [-0.05, 0) is 0 Å². The predicted octanol–water partition coefficient (Wildman–Crippen LogP) is -1.12. The summed E-state index contributed by atoms with van der Waals surface area (Å²) in [5.74, 6) is -2.51. The van der Waals surface area contributed by atoms with Crippen LogP contribution < -0.4 is 0 Å². The van der Waals surface area contributed by atoms with E-state index in [1.165, 1.54) is 0 Å². The van der Waals surface area contributed by atoms with Gasteiger partial charge in [0.05, 0.1) is 0 Å². The second-order valence-corrected chi connectivity index (χ2v) is 1.01. The first-order chi connectivity index (χ1) is 3.63. The third-order valence-electron chi connectivity index (χ3n) is 0.368. The summed E-state index contributed by atoms with van der Waals surface area (Å²) >= 11 is 0. The van der Waals surface area contributed by atoms with Crippen LogP contribution >= 0.6 is 0 Å². The van der Waals surface area contributed by atoms with E-state index in [-0.39, 0.29) is 27.2 Å². The molecule has 0 spiro atoms. The summed E-state index contributed by atoms with van der Waals surface area (Å²) in [7, 11) is 0. The van der Waals surface area contributed by atoms with Gasteiger partial charge in [0.15, 0.2) is 0 Å². The van der Waals surface area contributed by atoms with E-state index in [0.29, 0.717) is 12.2 Å². The molecule has 0 aliphatic heterocycles. The fourth-order valence-electron chi connectivity index (χ4n) is 0.143. The predicted molar refractivity (Wildman–Crippen MR) is 28.0 cm³/mol. The molecule has 0 radical (unpaired) electrons. The number of carboxylic acids is 2. The normalized spacial score (nSPS) is 7.60. The van der Waals surface area contributed by atoms with Gasteiger partial charge < -0.3 is 15.7 Å². The Hall–Kier alpha value is -0.646. The quantitative estimate of drug-likeness (QED) is 0.416. The molecule has 0 aromatic rings. The molecule has 0 amide bonds. The van der Waals surface area contributed by atoms with Crippen LogP contribution in [0.1, 0.15) is 0 Å². The number of rotatable bonds is 2. The Balaban J connectivity index is -0.000000245. The number of hydrogen-bond acceptors (Lipinski definition) is 2. The van der Waals surface area contributed by atoms with Gasteiger partial charge in [-0.2, -0.15) is 0 Å². The average molecular weight is 182 g/mol. The maximum absolute atomic E-state index is 9.55. The van der Waals surface area contributed by atoms with Gasteiger partial charge >= 0.3 is 11.9 Å². The summed E-state index contributed by atoms with van der Waals surface area (Å²) in [6.07, 6.45) is 1.12. The van der Waals surface area contributed by atoms with Crippen LogP contribution in [-0.4, -0.2) is 27.6 Å². The molecule has 0 aromatic heterocycles. The zero-order valence-electron chi connectivity index (χ0n) is 4.87. The van der Waals surface area contributed by atoms with E-state index in [9.17, 15) is 9.59 Å². The molecule has 0 saturated carbocycles. The Morgan fingerprint density at radius 1 is 1.00 bits per heavy atom. The van der Waals surface area contributed by atoms with E-state index >= 15 is 0 Å². The van der Waals surface area contributed by atoms with E-state index < -0.39 is 11.9 Å². The summed E-state index contributed by atoms with van der Waals surface area (Å²) in [5.41, 5.74) is 0. The van der Waals surface area contributed by atoms with Gasteiger partial charge in [-0.15, -0.1) is 0 Å². The minimum absolute atomic E-state index is 0. The van der Waals surface area contributed by atoms with Gasteiger partial charge in [0.25, 0.3) is 0 Å². The molecule has 0 fully saturated rings.